The third-order valence-electron chi connectivity index (χ3n) is 3.34. The standard InChI is InChI=1S/C13H23N3O/c1-3-14-12(13-8-9-16(2)15-13)7-6-11-5-4-10-17-11/h8-9,11-12,14H,3-7,10H2,1-2H3. The van der Waals surface area contributed by atoms with Gasteiger partial charge >= 0.3 is 0 Å². The molecule has 4 nitrogen and oxygen atoms in total. The summed E-state index contributed by atoms with van der Waals surface area (Å²) in [6.07, 6.45) is 7.16. The van der Waals surface area contributed by atoms with Crippen molar-refractivity contribution in [3.05, 3.63) is 18.0 Å². The van der Waals surface area contributed by atoms with Crippen molar-refractivity contribution >= 4 is 0 Å². The largest absolute Gasteiger partial charge is 0.378 e. The Morgan fingerprint density at radius 3 is 3.12 bits per heavy atom. The topological polar surface area (TPSA) is 39.1 Å². The van der Waals surface area contributed by atoms with Gasteiger partial charge in [0, 0.05) is 19.9 Å². The summed E-state index contributed by atoms with van der Waals surface area (Å²) in [5.41, 5.74) is 1.15. The summed E-state index contributed by atoms with van der Waals surface area (Å²) in [7, 11) is 1.96. The van der Waals surface area contributed by atoms with Crippen molar-refractivity contribution in [2.45, 2.75) is 44.8 Å². The zero-order valence-corrected chi connectivity index (χ0v) is 10.9. The molecule has 96 valence electrons. The third-order valence-corrected chi connectivity index (χ3v) is 3.34. The van der Waals surface area contributed by atoms with Crippen molar-refractivity contribution in [2.75, 3.05) is 13.2 Å². The van der Waals surface area contributed by atoms with Crippen LogP contribution in [0.5, 0.6) is 0 Å². The maximum Gasteiger partial charge on any atom is 0.0793 e. The van der Waals surface area contributed by atoms with Crippen LogP contribution in [0, 0.1) is 0 Å². The van der Waals surface area contributed by atoms with Crippen LogP contribution >= 0.6 is 0 Å². The Morgan fingerprint density at radius 1 is 1.65 bits per heavy atom. The highest BCUT2D eigenvalue weighted by Gasteiger charge is 2.19. The Labute approximate surface area is 103 Å². The van der Waals surface area contributed by atoms with Gasteiger partial charge in [0.2, 0.25) is 0 Å². The van der Waals surface area contributed by atoms with Gasteiger partial charge in [0.1, 0.15) is 0 Å². The first-order valence-corrected chi connectivity index (χ1v) is 6.64. The third kappa shape index (κ3) is 3.54. The summed E-state index contributed by atoms with van der Waals surface area (Å²) in [6, 6.07) is 2.47. The van der Waals surface area contributed by atoms with Crippen molar-refractivity contribution in [3.63, 3.8) is 0 Å². The highest BCUT2D eigenvalue weighted by molar-refractivity contribution is 5.05. The Balaban J connectivity index is 1.87. The fourth-order valence-corrected chi connectivity index (χ4v) is 2.44. The van der Waals surface area contributed by atoms with E-state index < -0.39 is 0 Å². The maximum absolute atomic E-state index is 5.67. The minimum atomic E-state index is 0.366. The van der Waals surface area contributed by atoms with Crippen LogP contribution in [0.3, 0.4) is 0 Å². The molecule has 2 heterocycles. The molecule has 1 N–H and O–H groups in total. The van der Waals surface area contributed by atoms with Crippen LogP contribution in [0.4, 0.5) is 0 Å². The summed E-state index contributed by atoms with van der Waals surface area (Å²) >= 11 is 0. The average molecular weight is 237 g/mol. The first kappa shape index (κ1) is 12.6. The summed E-state index contributed by atoms with van der Waals surface area (Å²) in [4.78, 5) is 0. The molecule has 4 heteroatoms. The van der Waals surface area contributed by atoms with Crippen LogP contribution in [-0.4, -0.2) is 29.0 Å². The predicted molar refractivity (Wildman–Crippen MR) is 67.8 cm³/mol. The molecule has 0 saturated carbocycles. The predicted octanol–water partition coefficient (Wildman–Crippen LogP) is 2.03. The van der Waals surface area contributed by atoms with E-state index in [2.05, 4.69) is 23.4 Å². The number of hydrogen-bond donors (Lipinski definition) is 1. The van der Waals surface area contributed by atoms with Gasteiger partial charge in [-0.1, -0.05) is 6.92 Å². The summed E-state index contributed by atoms with van der Waals surface area (Å²) in [6.45, 7) is 4.06. The van der Waals surface area contributed by atoms with E-state index in [1.165, 1.54) is 12.8 Å². The molecule has 0 bridgehead atoms. The molecular weight excluding hydrogens is 214 g/mol. The molecule has 1 fully saturated rings. The average Bonchev–Trinajstić information content (AvgIpc) is 2.95. The fraction of sp³-hybridized carbons (Fsp3) is 0.769. The van der Waals surface area contributed by atoms with E-state index in [4.69, 9.17) is 4.74 Å². The molecule has 0 amide bonds. The van der Waals surface area contributed by atoms with E-state index in [0.717, 1.165) is 31.7 Å². The number of ether oxygens (including phenoxy) is 1. The minimum absolute atomic E-state index is 0.366. The highest BCUT2D eigenvalue weighted by atomic mass is 16.5. The number of hydrogen-bond acceptors (Lipinski definition) is 3. The van der Waals surface area contributed by atoms with Gasteiger partial charge < -0.3 is 10.1 Å². The van der Waals surface area contributed by atoms with E-state index in [-0.39, 0.29) is 0 Å². The second-order valence-corrected chi connectivity index (χ2v) is 4.74. The number of aryl methyl sites for hydroxylation is 1. The minimum Gasteiger partial charge on any atom is -0.378 e. The zero-order chi connectivity index (χ0) is 12.1. The van der Waals surface area contributed by atoms with Crippen molar-refractivity contribution < 1.29 is 4.74 Å². The Hall–Kier alpha value is -0.870. The Bertz CT molecular complexity index is 331. The van der Waals surface area contributed by atoms with Crippen molar-refractivity contribution in [1.82, 2.24) is 15.1 Å². The number of nitrogens with one attached hydrogen (secondary N) is 1. The van der Waals surface area contributed by atoms with Crippen LogP contribution in [0.1, 0.15) is 44.3 Å². The van der Waals surface area contributed by atoms with E-state index in [1.54, 1.807) is 0 Å². The molecule has 1 aromatic heterocycles. The monoisotopic (exact) mass is 237 g/mol. The summed E-state index contributed by atoms with van der Waals surface area (Å²) in [5.74, 6) is 0. The number of aromatic nitrogens is 2. The Morgan fingerprint density at radius 2 is 2.53 bits per heavy atom. The fourth-order valence-electron chi connectivity index (χ4n) is 2.44. The van der Waals surface area contributed by atoms with Gasteiger partial charge in [-0.2, -0.15) is 5.10 Å². The molecule has 2 rings (SSSR count). The normalized spacial score (nSPS) is 21.9. The van der Waals surface area contributed by atoms with Gasteiger partial charge in [0.05, 0.1) is 17.8 Å². The molecule has 0 spiro atoms. The lowest BCUT2D eigenvalue weighted by atomic mass is 10.0. The van der Waals surface area contributed by atoms with Crippen LogP contribution in [0.25, 0.3) is 0 Å². The van der Waals surface area contributed by atoms with E-state index in [1.807, 2.05) is 17.9 Å². The lowest BCUT2D eigenvalue weighted by Gasteiger charge is -2.17. The first-order valence-electron chi connectivity index (χ1n) is 6.64. The van der Waals surface area contributed by atoms with Gasteiger partial charge in [-0.25, -0.2) is 0 Å². The smallest absolute Gasteiger partial charge is 0.0793 e. The van der Waals surface area contributed by atoms with Gasteiger partial charge in [0.15, 0.2) is 0 Å². The summed E-state index contributed by atoms with van der Waals surface area (Å²) in [5, 5.41) is 7.99. The maximum atomic E-state index is 5.67. The molecule has 0 aromatic carbocycles. The molecule has 1 saturated heterocycles. The molecule has 2 unspecified atom stereocenters. The summed E-state index contributed by atoms with van der Waals surface area (Å²) < 4.78 is 7.54. The second kappa shape index (κ2) is 6.17. The molecule has 1 aliphatic rings. The van der Waals surface area contributed by atoms with Crippen molar-refractivity contribution in [3.8, 4) is 0 Å². The van der Waals surface area contributed by atoms with E-state index in [0.29, 0.717) is 12.1 Å². The van der Waals surface area contributed by atoms with Crippen LogP contribution in [-0.2, 0) is 11.8 Å². The van der Waals surface area contributed by atoms with Crippen LogP contribution in [0.15, 0.2) is 12.3 Å². The lowest BCUT2D eigenvalue weighted by molar-refractivity contribution is 0.0995. The lowest BCUT2D eigenvalue weighted by Crippen LogP contribution is -2.23. The van der Waals surface area contributed by atoms with Gasteiger partial charge in [0.25, 0.3) is 0 Å². The van der Waals surface area contributed by atoms with Crippen LogP contribution < -0.4 is 5.32 Å². The van der Waals surface area contributed by atoms with Gasteiger partial charge in [-0.05, 0) is 38.3 Å². The molecule has 2 atom stereocenters. The van der Waals surface area contributed by atoms with Gasteiger partial charge in [-0.3, -0.25) is 4.68 Å². The molecule has 1 aromatic rings. The van der Waals surface area contributed by atoms with E-state index in [9.17, 15) is 0 Å². The van der Waals surface area contributed by atoms with Crippen LogP contribution in [0.2, 0.25) is 0 Å². The van der Waals surface area contributed by atoms with Gasteiger partial charge in [-0.15, -0.1) is 0 Å². The zero-order valence-electron chi connectivity index (χ0n) is 10.9. The number of nitrogens with zero attached hydrogens (tertiary/aromatic N) is 2. The second-order valence-electron chi connectivity index (χ2n) is 4.74. The van der Waals surface area contributed by atoms with Crippen molar-refractivity contribution in [2.24, 2.45) is 7.05 Å². The quantitative estimate of drug-likeness (QED) is 0.823. The number of rotatable bonds is 6. The molecular formula is C13H23N3O. The molecule has 0 radical (unpaired) electrons. The SMILES string of the molecule is CCNC(CCC1CCCO1)c1ccn(C)n1. The molecule has 0 aliphatic carbocycles. The highest BCUT2D eigenvalue weighted by Crippen LogP contribution is 2.23. The van der Waals surface area contributed by atoms with Crippen molar-refractivity contribution in [1.29, 1.82) is 0 Å². The molecule has 17 heavy (non-hydrogen) atoms. The Kier molecular flexibility index (Phi) is 4.57. The molecule has 1 aliphatic heterocycles. The first-order chi connectivity index (χ1) is 8.29. The van der Waals surface area contributed by atoms with E-state index >= 15 is 0 Å².